The summed E-state index contributed by atoms with van der Waals surface area (Å²) >= 11 is 6.30. The van der Waals surface area contributed by atoms with Crippen LogP contribution in [-0.4, -0.2) is 58.0 Å². The van der Waals surface area contributed by atoms with Gasteiger partial charge in [-0.1, -0.05) is 41.9 Å². The van der Waals surface area contributed by atoms with Gasteiger partial charge in [0.05, 0.1) is 16.9 Å². The van der Waals surface area contributed by atoms with E-state index in [1.54, 1.807) is 18.2 Å². The van der Waals surface area contributed by atoms with Crippen molar-refractivity contribution in [2.45, 2.75) is 57.7 Å². The number of carbonyl (C=O) groups excluding carboxylic acids is 2. The van der Waals surface area contributed by atoms with Crippen molar-refractivity contribution in [2.75, 3.05) is 18.0 Å². The molecule has 2 N–H and O–H groups in total. The molecule has 0 spiro atoms. The first-order valence-electron chi connectivity index (χ1n) is 11.5. The number of amides is 2. The van der Waals surface area contributed by atoms with Crippen molar-refractivity contribution < 1.29 is 14.8 Å². The summed E-state index contributed by atoms with van der Waals surface area (Å²) in [5.41, 5.74) is 1.81. The van der Waals surface area contributed by atoms with Crippen LogP contribution in [0.25, 0.3) is 0 Å². The highest BCUT2D eigenvalue weighted by Gasteiger charge is 2.47. The average Bonchev–Trinajstić information content (AvgIpc) is 2.92. The van der Waals surface area contributed by atoms with Gasteiger partial charge in [-0.25, -0.2) is 0 Å². The molecule has 2 aliphatic heterocycles. The van der Waals surface area contributed by atoms with Crippen LogP contribution in [0.15, 0.2) is 53.5 Å². The minimum absolute atomic E-state index is 0.0721. The molecule has 180 valence electrons. The number of hydroxylamine groups is 2. The number of piperidine rings is 1. The number of halogens is 1. The van der Waals surface area contributed by atoms with E-state index in [2.05, 4.69) is 10.3 Å². The van der Waals surface area contributed by atoms with Crippen LogP contribution in [0.1, 0.15) is 51.7 Å². The Morgan fingerprint density at radius 3 is 2.59 bits per heavy atom. The number of rotatable bonds is 4. The summed E-state index contributed by atoms with van der Waals surface area (Å²) in [5, 5.41) is 15.6. The van der Waals surface area contributed by atoms with Gasteiger partial charge in [-0.15, -0.1) is 0 Å². The second-order valence-electron chi connectivity index (χ2n) is 10.1. The smallest absolute Gasteiger partial charge is 0.249 e. The minimum atomic E-state index is -0.658. The molecule has 0 aromatic heterocycles. The van der Waals surface area contributed by atoms with Crippen LogP contribution in [-0.2, 0) is 9.59 Å². The summed E-state index contributed by atoms with van der Waals surface area (Å²) in [4.78, 5) is 32.3. The highest BCUT2D eigenvalue weighted by molar-refractivity contribution is 6.32. The number of anilines is 1. The molecule has 4 rings (SSSR count). The molecule has 1 unspecified atom stereocenters. The Morgan fingerprint density at radius 2 is 1.88 bits per heavy atom. The van der Waals surface area contributed by atoms with Gasteiger partial charge in [0, 0.05) is 27.7 Å². The first-order chi connectivity index (χ1) is 16.0. The monoisotopic (exact) mass is 482 g/mol. The maximum atomic E-state index is 13.2. The highest BCUT2D eigenvalue weighted by Crippen LogP contribution is 2.37. The van der Waals surface area contributed by atoms with Crippen molar-refractivity contribution in [3.05, 3.63) is 64.7 Å². The summed E-state index contributed by atoms with van der Waals surface area (Å²) in [5.74, 6) is -0.555. The molecule has 7 nitrogen and oxygen atoms in total. The van der Waals surface area contributed by atoms with Crippen LogP contribution in [0.2, 0.25) is 5.02 Å². The topological polar surface area (TPSA) is 85.2 Å². The predicted octanol–water partition coefficient (Wildman–Crippen LogP) is 4.05. The van der Waals surface area contributed by atoms with Crippen molar-refractivity contribution in [2.24, 2.45) is 4.99 Å². The minimum Gasteiger partial charge on any atom is -0.350 e. The molecule has 1 saturated heterocycles. The van der Waals surface area contributed by atoms with E-state index in [-0.39, 0.29) is 36.5 Å². The number of fused-ring (bicyclic) bond motifs is 1. The molecular formula is C26H31ClN4O3. The van der Waals surface area contributed by atoms with Crippen molar-refractivity contribution in [1.82, 2.24) is 10.4 Å². The lowest BCUT2D eigenvalue weighted by Crippen LogP contribution is -2.67. The van der Waals surface area contributed by atoms with Gasteiger partial charge >= 0.3 is 0 Å². The van der Waals surface area contributed by atoms with Crippen LogP contribution >= 0.6 is 11.6 Å². The Kier molecular flexibility index (Phi) is 6.55. The lowest BCUT2D eigenvalue weighted by Gasteiger charge is -2.52. The van der Waals surface area contributed by atoms with Crippen molar-refractivity contribution in [1.29, 1.82) is 0 Å². The molecule has 34 heavy (non-hydrogen) atoms. The van der Waals surface area contributed by atoms with Crippen LogP contribution in [0.3, 0.4) is 0 Å². The number of aliphatic imine (C=N–C) groups is 1. The summed E-state index contributed by atoms with van der Waals surface area (Å²) < 4.78 is 0. The zero-order valence-electron chi connectivity index (χ0n) is 20.0. The number of hydrogen-bond donors (Lipinski definition) is 2. The fraction of sp³-hybridized carbons (Fsp3) is 0.423. The van der Waals surface area contributed by atoms with Gasteiger partial charge in [0.2, 0.25) is 11.8 Å². The van der Waals surface area contributed by atoms with E-state index in [0.29, 0.717) is 22.0 Å². The maximum Gasteiger partial charge on any atom is 0.249 e. The third-order valence-electron chi connectivity index (χ3n) is 6.88. The maximum absolute atomic E-state index is 13.2. The number of nitrogens with one attached hydrogen (secondary N) is 1. The van der Waals surface area contributed by atoms with E-state index in [1.807, 2.05) is 58.0 Å². The quantitative estimate of drug-likeness (QED) is 0.688. The molecule has 0 bridgehead atoms. The van der Waals surface area contributed by atoms with Gasteiger partial charge < -0.3 is 15.4 Å². The third-order valence-corrected chi connectivity index (χ3v) is 7.11. The van der Waals surface area contributed by atoms with E-state index in [0.717, 1.165) is 18.4 Å². The lowest BCUT2D eigenvalue weighted by molar-refractivity contribution is -0.249. The first kappa shape index (κ1) is 24.4. The molecule has 2 aliphatic rings. The van der Waals surface area contributed by atoms with Gasteiger partial charge in [0.25, 0.3) is 0 Å². The molecule has 2 aromatic rings. The first-order valence-corrected chi connectivity index (χ1v) is 11.9. The van der Waals surface area contributed by atoms with Crippen molar-refractivity contribution in [3.8, 4) is 0 Å². The second kappa shape index (κ2) is 9.13. The predicted molar refractivity (Wildman–Crippen MR) is 134 cm³/mol. The molecule has 0 radical (unpaired) electrons. The molecule has 1 fully saturated rings. The normalized spacial score (nSPS) is 21.9. The van der Waals surface area contributed by atoms with E-state index < -0.39 is 5.54 Å². The standard InChI is InChI=1S/C26H31ClN4O3/c1-25(2)13-12-21(26(3,4)31(25)34)29-22(32)16-30-20-11-10-18(27)14-19(20)24(28-15-23(30)33)17-8-6-5-7-9-17/h5-11,14,21,34H,12-13,15-16H2,1-4H3,(H,29,32). The lowest BCUT2D eigenvalue weighted by atomic mass is 9.78. The van der Waals surface area contributed by atoms with Gasteiger partial charge in [-0.2, -0.15) is 5.06 Å². The molecule has 2 heterocycles. The Labute approximate surface area is 205 Å². The van der Waals surface area contributed by atoms with Gasteiger partial charge in [0.1, 0.15) is 13.1 Å². The Morgan fingerprint density at radius 1 is 1.18 bits per heavy atom. The Balaban J connectivity index is 1.60. The number of benzodiazepines with no additional fused rings is 1. The average molecular weight is 483 g/mol. The highest BCUT2D eigenvalue weighted by atomic mass is 35.5. The number of benzene rings is 2. The largest absolute Gasteiger partial charge is 0.350 e. The van der Waals surface area contributed by atoms with Crippen molar-refractivity contribution >= 4 is 34.8 Å². The fourth-order valence-corrected chi connectivity index (χ4v) is 5.09. The molecule has 8 heteroatoms. The molecular weight excluding hydrogens is 452 g/mol. The number of hydrogen-bond acceptors (Lipinski definition) is 5. The van der Waals surface area contributed by atoms with E-state index in [4.69, 9.17) is 11.6 Å². The molecule has 2 aromatic carbocycles. The fourth-order valence-electron chi connectivity index (χ4n) is 4.92. The summed E-state index contributed by atoms with van der Waals surface area (Å²) in [6, 6.07) is 14.6. The summed E-state index contributed by atoms with van der Waals surface area (Å²) in [6.45, 7) is 7.56. The van der Waals surface area contributed by atoms with Crippen LogP contribution in [0.5, 0.6) is 0 Å². The van der Waals surface area contributed by atoms with E-state index in [1.165, 1.54) is 9.96 Å². The number of carbonyl (C=O) groups is 2. The van der Waals surface area contributed by atoms with Crippen LogP contribution in [0, 0.1) is 0 Å². The zero-order valence-corrected chi connectivity index (χ0v) is 20.8. The summed E-state index contributed by atoms with van der Waals surface area (Å²) in [7, 11) is 0. The van der Waals surface area contributed by atoms with E-state index in [9.17, 15) is 14.8 Å². The second-order valence-corrected chi connectivity index (χ2v) is 10.5. The van der Waals surface area contributed by atoms with Crippen LogP contribution in [0.4, 0.5) is 5.69 Å². The van der Waals surface area contributed by atoms with Crippen molar-refractivity contribution in [3.63, 3.8) is 0 Å². The van der Waals surface area contributed by atoms with Gasteiger partial charge in [-0.3, -0.25) is 14.6 Å². The molecule has 0 aliphatic carbocycles. The molecule has 2 amide bonds. The van der Waals surface area contributed by atoms with Gasteiger partial charge in [0.15, 0.2) is 0 Å². The Hall–Kier alpha value is -2.74. The molecule has 1 atom stereocenters. The van der Waals surface area contributed by atoms with Gasteiger partial charge in [-0.05, 0) is 58.7 Å². The summed E-state index contributed by atoms with van der Waals surface area (Å²) in [6.07, 6.45) is 1.46. The zero-order chi connectivity index (χ0) is 24.7. The Bertz CT molecular complexity index is 1130. The SMILES string of the molecule is CC1(C)CCC(NC(=O)CN2C(=O)CN=C(c3ccccc3)c3cc(Cl)ccc32)C(C)(C)N1O. The molecule has 0 saturated carbocycles. The third kappa shape index (κ3) is 4.60. The number of nitrogens with zero attached hydrogens (tertiary/aromatic N) is 3. The van der Waals surface area contributed by atoms with E-state index >= 15 is 0 Å². The van der Waals surface area contributed by atoms with Crippen LogP contribution < -0.4 is 10.2 Å².